The van der Waals surface area contributed by atoms with Crippen LogP contribution in [0.15, 0.2) is 0 Å². The molecule has 0 spiro atoms. The van der Waals surface area contributed by atoms with Gasteiger partial charge in [-0.05, 0) is 72.1 Å². The summed E-state index contributed by atoms with van der Waals surface area (Å²) in [5.41, 5.74) is 0. The van der Waals surface area contributed by atoms with Crippen LogP contribution in [-0.4, -0.2) is 62.1 Å². The van der Waals surface area contributed by atoms with E-state index in [0.29, 0.717) is 6.42 Å². The highest BCUT2D eigenvalue weighted by atomic mass is 16.5. The number of nitrogens with zero attached hydrogens (tertiary/aromatic N) is 2. The Morgan fingerprint density at radius 2 is 0.837 bits per heavy atom. The summed E-state index contributed by atoms with van der Waals surface area (Å²) < 4.78 is 6.04. The minimum Gasteiger partial charge on any atom is -0.462 e. The zero-order valence-electron chi connectivity index (χ0n) is 30.4. The lowest BCUT2D eigenvalue weighted by Gasteiger charge is -2.24. The standard InChI is InChI=1S/C39H80N2O2/c1-6-9-12-15-18-19-24-29-34-41(37-36-40(4)5)35-30-25-20-23-28-33-39(42)43-38(31-26-21-16-13-10-7-2)32-27-22-17-14-11-8-3/h38H,6-37H2,1-5H3. The molecule has 0 aromatic heterocycles. The molecule has 4 nitrogen and oxygen atoms in total. The number of ether oxygens (including phenoxy) is 1. The molecular weight excluding hydrogens is 528 g/mol. The van der Waals surface area contributed by atoms with E-state index in [9.17, 15) is 4.79 Å². The van der Waals surface area contributed by atoms with Gasteiger partial charge in [0.1, 0.15) is 6.10 Å². The van der Waals surface area contributed by atoms with Gasteiger partial charge in [-0.15, -0.1) is 0 Å². The van der Waals surface area contributed by atoms with E-state index in [2.05, 4.69) is 44.7 Å². The molecule has 0 atom stereocenters. The van der Waals surface area contributed by atoms with Gasteiger partial charge in [-0.1, -0.05) is 149 Å². The fourth-order valence-electron chi connectivity index (χ4n) is 6.09. The fourth-order valence-corrected chi connectivity index (χ4v) is 6.09. The molecule has 0 aromatic carbocycles. The first-order valence-electron chi connectivity index (χ1n) is 19.6. The van der Waals surface area contributed by atoms with Crippen molar-refractivity contribution in [2.75, 3.05) is 40.3 Å². The van der Waals surface area contributed by atoms with Crippen molar-refractivity contribution in [3.05, 3.63) is 0 Å². The molecule has 0 heterocycles. The molecule has 258 valence electrons. The van der Waals surface area contributed by atoms with Crippen LogP contribution in [0.4, 0.5) is 0 Å². The van der Waals surface area contributed by atoms with Crippen molar-refractivity contribution in [2.24, 2.45) is 0 Å². The lowest BCUT2D eigenvalue weighted by atomic mass is 10.0. The molecule has 0 fully saturated rings. The molecule has 0 N–H and O–H groups in total. The van der Waals surface area contributed by atoms with Gasteiger partial charge in [0, 0.05) is 19.5 Å². The highest BCUT2D eigenvalue weighted by molar-refractivity contribution is 5.69. The van der Waals surface area contributed by atoms with E-state index in [0.717, 1.165) is 32.2 Å². The maximum Gasteiger partial charge on any atom is 0.306 e. The molecule has 0 radical (unpaired) electrons. The van der Waals surface area contributed by atoms with E-state index in [4.69, 9.17) is 4.74 Å². The summed E-state index contributed by atoms with van der Waals surface area (Å²) in [5.74, 6) is 0.0576. The second kappa shape index (κ2) is 34.3. The van der Waals surface area contributed by atoms with Gasteiger partial charge in [0.2, 0.25) is 0 Å². The zero-order valence-corrected chi connectivity index (χ0v) is 30.4. The molecule has 0 saturated carbocycles. The average Bonchev–Trinajstić information content (AvgIpc) is 2.99. The number of carbonyl (C=O) groups excluding carboxylic acids is 1. The summed E-state index contributed by atoms with van der Waals surface area (Å²) in [6, 6.07) is 0. The number of likely N-dealkylation sites (N-methyl/N-ethyl adjacent to an activating group) is 1. The first kappa shape index (κ1) is 42.4. The van der Waals surface area contributed by atoms with Crippen molar-refractivity contribution < 1.29 is 9.53 Å². The first-order chi connectivity index (χ1) is 21.0. The normalized spacial score (nSPS) is 11.8. The number of carbonyl (C=O) groups is 1. The predicted molar refractivity (Wildman–Crippen MR) is 191 cm³/mol. The molecule has 0 rings (SSSR count). The largest absolute Gasteiger partial charge is 0.462 e. The fraction of sp³-hybridized carbons (Fsp3) is 0.974. The van der Waals surface area contributed by atoms with Crippen LogP contribution < -0.4 is 0 Å². The van der Waals surface area contributed by atoms with E-state index in [1.165, 1.54) is 167 Å². The van der Waals surface area contributed by atoms with Gasteiger partial charge in [0.05, 0.1) is 0 Å². The number of esters is 1. The predicted octanol–water partition coefficient (Wildman–Crippen LogP) is 11.7. The third-order valence-electron chi connectivity index (χ3n) is 9.10. The van der Waals surface area contributed by atoms with Crippen LogP contribution >= 0.6 is 0 Å². The van der Waals surface area contributed by atoms with Gasteiger partial charge in [-0.2, -0.15) is 0 Å². The minimum absolute atomic E-state index is 0.0576. The van der Waals surface area contributed by atoms with Gasteiger partial charge >= 0.3 is 5.97 Å². The smallest absolute Gasteiger partial charge is 0.306 e. The molecule has 0 bridgehead atoms. The summed E-state index contributed by atoms with van der Waals surface area (Å²) in [6.07, 6.45) is 35.7. The van der Waals surface area contributed by atoms with Crippen LogP contribution in [0.2, 0.25) is 0 Å². The van der Waals surface area contributed by atoms with Crippen LogP contribution in [-0.2, 0) is 9.53 Å². The zero-order chi connectivity index (χ0) is 31.6. The molecule has 0 aliphatic rings. The van der Waals surface area contributed by atoms with Crippen LogP contribution in [0.3, 0.4) is 0 Å². The van der Waals surface area contributed by atoms with E-state index in [-0.39, 0.29) is 12.1 Å². The third-order valence-corrected chi connectivity index (χ3v) is 9.10. The summed E-state index contributed by atoms with van der Waals surface area (Å²) in [4.78, 5) is 17.7. The quantitative estimate of drug-likeness (QED) is 0.0529. The molecular formula is C39H80N2O2. The SMILES string of the molecule is CCCCCCCCCCN(CCCCCCCC(=O)OC(CCCCCCCC)CCCCCCCC)CCN(C)C. The maximum absolute atomic E-state index is 12.7. The highest BCUT2D eigenvalue weighted by Gasteiger charge is 2.14. The number of hydrogen-bond donors (Lipinski definition) is 0. The Kier molecular flexibility index (Phi) is 33.8. The molecule has 0 aromatic rings. The van der Waals surface area contributed by atoms with Crippen LogP contribution in [0.1, 0.15) is 201 Å². The van der Waals surface area contributed by atoms with E-state index in [1.807, 2.05) is 0 Å². The summed E-state index contributed by atoms with van der Waals surface area (Å²) >= 11 is 0. The first-order valence-corrected chi connectivity index (χ1v) is 19.6. The summed E-state index contributed by atoms with van der Waals surface area (Å²) in [5, 5.41) is 0. The Labute approximate surface area is 271 Å². The Morgan fingerprint density at radius 3 is 1.26 bits per heavy atom. The summed E-state index contributed by atoms with van der Waals surface area (Å²) in [7, 11) is 4.37. The van der Waals surface area contributed by atoms with Crippen molar-refractivity contribution in [2.45, 2.75) is 207 Å². The number of rotatable bonds is 35. The molecule has 4 heteroatoms. The van der Waals surface area contributed by atoms with Crippen LogP contribution in [0, 0.1) is 0 Å². The van der Waals surface area contributed by atoms with Crippen LogP contribution in [0.5, 0.6) is 0 Å². The van der Waals surface area contributed by atoms with Gasteiger partial charge in [0.25, 0.3) is 0 Å². The molecule has 0 unspecified atom stereocenters. The van der Waals surface area contributed by atoms with Gasteiger partial charge in [0.15, 0.2) is 0 Å². The minimum atomic E-state index is 0.0576. The maximum atomic E-state index is 12.7. The van der Waals surface area contributed by atoms with Crippen molar-refractivity contribution in [1.29, 1.82) is 0 Å². The van der Waals surface area contributed by atoms with Crippen molar-refractivity contribution in [3.63, 3.8) is 0 Å². The third kappa shape index (κ3) is 32.6. The number of hydrogen-bond acceptors (Lipinski definition) is 4. The Bertz CT molecular complexity index is 537. The highest BCUT2D eigenvalue weighted by Crippen LogP contribution is 2.18. The second-order valence-corrected chi connectivity index (χ2v) is 13.9. The monoisotopic (exact) mass is 609 g/mol. The Hall–Kier alpha value is -0.610. The van der Waals surface area contributed by atoms with Crippen LogP contribution in [0.25, 0.3) is 0 Å². The van der Waals surface area contributed by atoms with Crippen molar-refractivity contribution in [3.8, 4) is 0 Å². The lowest BCUT2D eigenvalue weighted by Crippen LogP contribution is -2.33. The van der Waals surface area contributed by atoms with E-state index < -0.39 is 0 Å². The van der Waals surface area contributed by atoms with E-state index >= 15 is 0 Å². The molecule has 0 saturated heterocycles. The molecule has 43 heavy (non-hydrogen) atoms. The van der Waals surface area contributed by atoms with Gasteiger partial charge in [-0.3, -0.25) is 4.79 Å². The van der Waals surface area contributed by atoms with Gasteiger partial charge < -0.3 is 14.5 Å². The summed E-state index contributed by atoms with van der Waals surface area (Å²) in [6.45, 7) is 11.7. The Balaban J connectivity index is 4.15. The van der Waals surface area contributed by atoms with Gasteiger partial charge in [-0.25, -0.2) is 0 Å². The van der Waals surface area contributed by atoms with E-state index in [1.54, 1.807) is 0 Å². The average molecular weight is 609 g/mol. The Morgan fingerprint density at radius 1 is 0.465 bits per heavy atom. The topological polar surface area (TPSA) is 32.8 Å². The van der Waals surface area contributed by atoms with Crippen molar-refractivity contribution >= 4 is 5.97 Å². The molecule has 0 aliphatic heterocycles. The molecule has 0 aliphatic carbocycles. The second-order valence-electron chi connectivity index (χ2n) is 13.9. The van der Waals surface area contributed by atoms with Crippen molar-refractivity contribution in [1.82, 2.24) is 9.80 Å². The number of unbranched alkanes of at least 4 members (excludes halogenated alkanes) is 21. The molecule has 0 amide bonds. The lowest BCUT2D eigenvalue weighted by molar-refractivity contribution is -0.150.